The fraction of sp³-hybridized carbons (Fsp3) is 0.333. The van der Waals surface area contributed by atoms with Crippen molar-refractivity contribution in [3.8, 4) is 0 Å². The van der Waals surface area contributed by atoms with Crippen molar-refractivity contribution in [3.05, 3.63) is 40.4 Å². The Hall–Kier alpha value is -1.85. The lowest BCUT2D eigenvalue weighted by molar-refractivity contribution is -0.131. The van der Waals surface area contributed by atoms with Crippen molar-refractivity contribution in [1.82, 2.24) is 5.32 Å². The first-order valence-corrected chi connectivity index (χ1v) is 6.91. The number of carbonyl (C=O) groups is 2. The first-order valence-electron chi connectivity index (χ1n) is 6.53. The second kappa shape index (κ2) is 8.44. The molecule has 0 fully saturated rings. The minimum absolute atomic E-state index is 0.109. The number of carboxylic acid groups (broad SMARTS) is 1. The number of halogens is 1. The van der Waals surface area contributed by atoms with Crippen LogP contribution >= 0.6 is 11.6 Å². The molecule has 0 saturated carbocycles. The molecular weight excluding hydrogens is 294 g/mol. The number of amides is 1. The zero-order valence-electron chi connectivity index (χ0n) is 11.9. The van der Waals surface area contributed by atoms with Crippen LogP contribution in [0.25, 0.3) is 6.08 Å². The number of aliphatic carboxylic acids is 1. The number of ether oxygens (including phenoxy) is 1. The van der Waals surface area contributed by atoms with Crippen molar-refractivity contribution in [3.63, 3.8) is 0 Å². The maximum absolute atomic E-state index is 12.0. The van der Waals surface area contributed by atoms with Gasteiger partial charge in [0.2, 0.25) is 0 Å². The van der Waals surface area contributed by atoms with Gasteiger partial charge in [-0.1, -0.05) is 17.7 Å². The Bertz CT molecular complexity index is 542. The van der Waals surface area contributed by atoms with E-state index in [1.54, 1.807) is 12.1 Å². The highest BCUT2D eigenvalue weighted by atomic mass is 35.5. The molecule has 0 bridgehead atoms. The fourth-order valence-corrected chi connectivity index (χ4v) is 1.85. The molecule has 5 nitrogen and oxygen atoms in total. The average Bonchev–Trinajstić information content (AvgIpc) is 2.43. The molecule has 1 rings (SSSR count). The molecule has 1 amide bonds. The summed E-state index contributed by atoms with van der Waals surface area (Å²) in [7, 11) is 0. The molecule has 0 heterocycles. The van der Waals surface area contributed by atoms with E-state index < -0.39 is 5.97 Å². The van der Waals surface area contributed by atoms with Gasteiger partial charge in [0.25, 0.3) is 5.91 Å². The summed E-state index contributed by atoms with van der Waals surface area (Å²) in [6.45, 7) is 4.77. The lowest BCUT2D eigenvalue weighted by Crippen LogP contribution is -2.35. The lowest BCUT2D eigenvalue weighted by atomic mass is 10.1. The summed E-state index contributed by atoms with van der Waals surface area (Å²) in [4.78, 5) is 22.5. The van der Waals surface area contributed by atoms with Crippen LogP contribution in [-0.2, 0) is 9.53 Å². The van der Waals surface area contributed by atoms with Gasteiger partial charge in [0.05, 0.1) is 6.61 Å². The third-order valence-electron chi connectivity index (χ3n) is 2.62. The molecule has 21 heavy (non-hydrogen) atoms. The number of carbonyl (C=O) groups excluding carboxylic acids is 1. The van der Waals surface area contributed by atoms with Crippen LogP contribution in [0, 0.1) is 0 Å². The van der Waals surface area contributed by atoms with E-state index in [2.05, 4.69) is 5.32 Å². The number of carboxylic acids is 1. The second-order valence-corrected chi connectivity index (χ2v) is 4.85. The van der Waals surface area contributed by atoms with E-state index in [9.17, 15) is 9.59 Å². The zero-order chi connectivity index (χ0) is 15.8. The van der Waals surface area contributed by atoms with Crippen LogP contribution in [0.15, 0.2) is 24.3 Å². The molecule has 2 N–H and O–H groups in total. The van der Waals surface area contributed by atoms with Crippen molar-refractivity contribution in [2.24, 2.45) is 0 Å². The summed E-state index contributed by atoms with van der Waals surface area (Å²) in [5.74, 6) is -1.31. The maximum Gasteiger partial charge on any atom is 0.328 e. The molecule has 0 spiro atoms. The Morgan fingerprint density at radius 2 is 2.19 bits per heavy atom. The first kappa shape index (κ1) is 17.2. The molecule has 0 aliphatic heterocycles. The number of rotatable bonds is 7. The third-order valence-corrected chi connectivity index (χ3v) is 2.94. The van der Waals surface area contributed by atoms with E-state index in [0.717, 1.165) is 6.08 Å². The molecule has 1 aromatic carbocycles. The van der Waals surface area contributed by atoms with Gasteiger partial charge in [-0.3, -0.25) is 4.79 Å². The highest BCUT2D eigenvalue weighted by molar-refractivity contribution is 6.32. The third kappa shape index (κ3) is 5.97. The number of benzene rings is 1. The Labute approximate surface area is 128 Å². The summed E-state index contributed by atoms with van der Waals surface area (Å²) >= 11 is 6.03. The van der Waals surface area contributed by atoms with Gasteiger partial charge in [0, 0.05) is 29.3 Å². The normalized spacial score (nSPS) is 12.3. The SMILES string of the molecule is CCOCC(C)NC(=O)c1ccc(/C=C/C(=O)O)c(Cl)c1. The predicted molar refractivity (Wildman–Crippen MR) is 81.5 cm³/mol. The summed E-state index contributed by atoms with van der Waals surface area (Å²) in [5.41, 5.74) is 0.953. The zero-order valence-corrected chi connectivity index (χ0v) is 12.7. The molecule has 0 radical (unpaired) electrons. The van der Waals surface area contributed by atoms with Crippen molar-refractivity contribution < 1.29 is 19.4 Å². The Kier molecular flexibility index (Phi) is 6.91. The summed E-state index contributed by atoms with van der Waals surface area (Å²) in [6.07, 6.45) is 2.37. The largest absolute Gasteiger partial charge is 0.478 e. The van der Waals surface area contributed by atoms with Crippen molar-refractivity contribution in [2.75, 3.05) is 13.2 Å². The standard InChI is InChI=1S/C15H18ClNO4/c1-3-21-9-10(2)17-15(20)12-5-4-11(13(16)8-12)6-7-14(18)19/h4-8,10H,3,9H2,1-2H3,(H,17,20)(H,18,19)/b7-6+. The van der Waals surface area contributed by atoms with Crippen LogP contribution in [0.5, 0.6) is 0 Å². The van der Waals surface area contributed by atoms with Gasteiger partial charge < -0.3 is 15.2 Å². The highest BCUT2D eigenvalue weighted by Gasteiger charge is 2.11. The number of nitrogens with one attached hydrogen (secondary N) is 1. The fourth-order valence-electron chi connectivity index (χ4n) is 1.61. The van der Waals surface area contributed by atoms with Crippen LogP contribution in [-0.4, -0.2) is 36.2 Å². The van der Waals surface area contributed by atoms with Crippen molar-refractivity contribution >= 4 is 29.6 Å². The Morgan fingerprint density at radius 3 is 2.76 bits per heavy atom. The quantitative estimate of drug-likeness (QED) is 0.759. The van der Waals surface area contributed by atoms with Crippen LogP contribution in [0.2, 0.25) is 5.02 Å². The molecule has 114 valence electrons. The lowest BCUT2D eigenvalue weighted by Gasteiger charge is -2.14. The van der Waals surface area contributed by atoms with Crippen LogP contribution in [0.1, 0.15) is 29.8 Å². The molecule has 0 aromatic heterocycles. The van der Waals surface area contributed by atoms with Crippen LogP contribution in [0.4, 0.5) is 0 Å². The van der Waals surface area contributed by atoms with Gasteiger partial charge in [0.15, 0.2) is 0 Å². The van der Waals surface area contributed by atoms with Gasteiger partial charge in [-0.05, 0) is 37.6 Å². The van der Waals surface area contributed by atoms with E-state index >= 15 is 0 Å². The smallest absolute Gasteiger partial charge is 0.328 e. The molecule has 1 aromatic rings. The number of hydrogen-bond donors (Lipinski definition) is 2. The van der Waals surface area contributed by atoms with E-state index in [1.165, 1.54) is 12.1 Å². The van der Waals surface area contributed by atoms with E-state index in [0.29, 0.717) is 29.4 Å². The Balaban J connectivity index is 2.74. The van der Waals surface area contributed by atoms with Crippen LogP contribution < -0.4 is 5.32 Å². The van der Waals surface area contributed by atoms with Gasteiger partial charge >= 0.3 is 5.97 Å². The van der Waals surface area contributed by atoms with Crippen LogP contribution in [0.3, 0.4) is 0 Å². The molecule has 6 heteroatoms. The van der Waals surface area contributed by atoms with Gasteiger partial charge in [-0.2, -0.15) is 0 Å². The van der Waals surface area contributed by atoms with Crippen molar-refractivity contribution in [1.29, 1.82) is 0 Å². The summed E-state index contributed by atoms with van der Waals surface area (Å²) < 4.78 is 5.22. The first-order chi connectivity index (χ1) is 9.93. The highest BCUT2D eigenvalue weighted by Crippen LogP contribution is 2.19. The molecule has 0 saturated heterocycles. The van der Waals surface area contributed by atoms with Gasteiger partial charge in [0.1, 0.15) is 0 Å². The monoisotopic (exact) mass is 311 g/mol. The second-order valence-electron chi connectivity index (χ2n) is 4.44. The topological polar surface area (TPSA) is 75.6 Å². The minimum Gasteiger partial charge on any atom is -0.478 e. The van der Waals surface area contributed by atoms with Gasteiger partial charge in [-0.25, -0.2) is 4.79 Å². The minimum atomic E-state index is -1.06. The molecule has 0 aliphatic rings. The van der Waals surface area contributed by atoms with E-state index in [-0.39, 0.29) is 11.9 Å². The summed E-state index contributed by atoms with van der Waals surface area (Å²) in [6, 6.07) is 4.59. The number of hydrogen-bond acceptors (Lipinski definition) is 3. The molecular formula is C15H18ClNO4. The maximum atomic E-state index is 12.0. The van der Waals surface area contributed by atoms with E-state index in [1.807, 2.05) is 13.8 Å². The summed E-state index contributed by atoms with van der Waals surface area (Å²) in [5, 5.41) is 11.7. The predicted octanol–water partition coefficient (Wildman–Crippen LogP) is 2.59. The average molecular weight is 312 g/mol. The molecule has 1 atom stereocenters. The van der Waals surface area contributed by atoms with Crippen molar-refractivity contribution in [2.45, 2.75) is 19.9 Å². The Morgan fingerprint density at radius 1 is 1.48 bits per heavy atom. The molecule has 0 aliphatic carbocycles. The van der Waals surface area contributed by atoms with E-state index in [4.69, 9.17) is 21.4 Å². The van der Waals surface area contributed by atoms with Gasteiger partial charge in [-0.15, -0.1) is 0 Å². The molecule has 1 unspecified atom stereocenters.